The fourth-order valence-electron chi connectivity index (χ4n) is 1.39. The summed E-state index contributed by atoms with van der Waals surface area (Å²) in [6, 6.07) is 0. The van der Waals surface area contributed by atoms with E-state index < -0.39 is 0 Å². The first-order valence-electron chi connectivity index (χ1n) is 6.05. The zero-order chi connectivity index (χ0) is 11.7. The molecule has 0 saturated heterocycles. The lowest BCUT2D eigenvalue weighted by Gasteiger charge is -2.07. The zero-order valence-corrected chi connectivity index (χ0v) is 10.7. The van der Waals surface area contributed by atoms with E-state index in [9.17, 15) is 5.11 Å². The molecule has 0 aromatic heterocycles. The molecule has 0 fully saturated rings. The smallest absolute Gasteiger partial charge is 0.0540 e. The van der Waals surface area contributed by atoms with Gasteiger partial charge in [0.05, 0.1) is 6.10 Å². The molecule has 0 heterocycles. The summed E-state index contributed by atoms with van der Waals surface area (Å²) in [5.74, 6) is 0. The van der Waals surface area contributed by atoms with Gasteiger partial charge in [-0.1, -0.05) is 30.2 Å². The summed E-state index contributed by atoms with van der Waals surface area (Å²) >= 11 is 0. The summed E-state index contributed by atoms with van der Waals surface area (Å²) in [5.41, 5.74) is 2.86. The lowest BCUT2D eigenvalue weighted by molar-refractivity contribution is 0.160. The van der Waals surface area contributed by atoms with E-state index in [2.05, 4.69) is 32.9 Å². The maximum atomic E-state index is 9.42. The standard InChI is InChI=1S/C14H26O/c1-5-12(3)8-7-9-13(4)10-11-14(15)6-2/h5,9,14-15H,6-8,10-11H2,1-4H3/t14-/m0/s1. The Balaban J connectivity index is 3.70. The highest BCUT2D eigenvalue weighted by molar-refractivity contribution is 5.02. The zero-order valence-electron chi connectivity index (χ0n) is 10.7. The summed E-state index contributed by atoms with van der Waals surface area (Å²) in [6.07, 6.45) is 9.44. The van der Waals surface area contributed by atoms with Gasteiger partial charge in [0.25, 0.3) is 0 Å². The number of hydrogen-bond donors (Lipinski definition) is 1. The van der Waals surface area contributed by atoms with E-state index in [0.29, 0.717) is 0 Å². The molecule has 0 radical (unpaired) electrons. The summed E-state index contributed by atoms with van der Waals surface area (Å²) in [4.78, 5) is 0. The molecule has 0 bridgehead atoms. The molecule has 0 aromatic rings. The highest BCUT2D eigenvalue weighted by atomic mass is 16.3. The molecular formula is C14H26O. The van der Waals surface area contributed by atoms with Crippen LogP contribution in [0.2, 0.25) is 0 Å². The van der Waals surface area contributed by atoms with Crippen LogP contribution in [-0.2, 0) is 0 Å². The van der Waals surface area contributed by atoms with Gasteiger partial charge in [0.2, 0.25) is 0 Å². The van der Waals surface area contributed by atoms with Gasteiger partial charge in [0.1, 0.15) is 0 Å². The molecule has 0 unspecified atom stereocenters. The van der Waals surface area contributed by atoms with E-state index >= 15 is 0 Å². The highest BCUT2D eigenvalue weighted by Crippen LogP contribution is 2.12. The predicted octanol–water partition coefficient (Wildman–Crippen LogP) is 4.23. The Labute approximate surface area is 94.9 Å². The maximum Gasteiger partial charge on any atom is 0.0540 e. The summed E-state index contributed by atoms with van der Waals surface area (Å²) in [5, 5.41) is 9.42. The average Bonchev–Trinajstić information content (AvgIpc) is 2.25. The van der Waals surface area contributed by atoms with Crippen molar-refractivity contribution >= 4 is 0 Å². The van der Waals surface area contributed by atoms with Crippen molar-refractivity contribution < 1.29 is 5.11 Å². The van der Waals surface area contributed by atoms with Crippen molar-refractivity contribution in [3.05, 3.63) is 23.3 Å². The molecule has 1 heteroatoms. The van der Waals surface area contributed by atoms with Crippen molar-refractivity contribution in [1.82, 2.24) is 0 Å². The molecule has 1 atom stereocenters. The molecule has 0 aromatic carbocycles. The molecule has 88 valence electrons. The van der Waals surface area contributed by atoms with E-state index in [1.807, 2.05) is 6.92 Å². The molecule has 0 amide bonds. The van der Waals surface area contributed by atoms with Crippen molar-refractivity contribution in [2.75, 3.05) is 0 Å². The minimum atomic E-state index is -0.120. The number of aliphatic hydroxyl groups is 1. The molecule has 15 heavy (non-hydrogen) atoms. The van der Waals surface area contributed by atoms with Gasteiger partial charge in [0, 0.05) is 0 Å². The normalized spacial score (nSPS) is 15.5. The lowest BCUT2D eigenvalue weighted by Crippen LogP contribution is -2.03. The van der Waals surface area contributed by atoms with Gasteiger partial charge in [-0.2, -0.15) is 0 Å². The van der Waals surface area contributed by atoms with Gasteiger partial charge >= 0.3 is 0 Å². The van der Waals surface area contributed by atoms with Gasteiger partial charge in [0.15, 0.2) is 0 Å². The molecule has 0 aliphatic carbocycles. The van der Waals surface area contributed by atoms with E-state index in [4.69, 9.17) is 0 Å². The minimum absolute atomic E-state index is 0.120. The van der Waals surface area contributed by atoms with E-state index in [-0.39, 0.29) is 6.10 Å². The Kier molecular flexibility index (Phi) is 8.40. The number of rotatable bonds is 7. The van der Waals surface area contributed by atoms with Crippen LogP contribution in [0.5, 0.6) is 0 Å². The van der Waals surface area contributed by atoms with E-state index in [1.165, 1.54) is 11.1 Å². The van der Waals surface area contributed by atoms with Crippen molar-refractivity contribution in [3.63, 3.8) is 0 Å². The summed E-state index contributed by atoms with van der Waals surface area (Å²) < 4.78 is 0. The van der Waals surface area contributed by atoms with Crippen LogP contribution in [0, 0.1) is 0 Å². The van der Waals surface area contributed by atoms with E-state index in [0.717, 1.165) is 32.1 Å². The predicted molar refractivity (Wildman–Crippen MR) is 68.0 cm³/mol. The van der Waals surface area contributed by atoms with Crippen LogP contribution in [0.15, 0.2) is 23.3 Å². The first-order chi connectivity index (χ1) is 7.10. The number of hydrogen-bond acceptors (Lipinski definition) is 1. The Bertz CT molecular complexity index is 213. The molecule has 0 spiro atoms. The molecule has 0 aliphatic heterocycles. The second-order valence-corrected chi connectivity index (χ2v) is 4.32. The molecular weight excluding hydrogens is 184 g/mol. The molecule has 0 saturated carbocycles. The Morgan fingerprint density at radius 2 is 1.87 bits per heavy atom. The van der Waals surface area contributed by atoms with Crippen molar-refractivity contribution in [2.45, 2.75) is 65.9 Å². The van der Waals surface area contributed by atoms with Crippen LogP contribution in [0.3, 0.4) is 0 Å². The topological polar surface area (TPSA) is 20.2 Å². The monoisotopic (exact) mass is 210 g/mol. The van der Waals surface area contributed by atoms with Crippen LogP contribution in [0.1, 0.15) is 59.8 Å². The first kappa shape index (κ1) is 14.4. The first-order valence-corrected chi connectivity index (χ1v) is 6.05. The second kappa shape index (κ2) is 8.72. The molecule has 0 rings (SSSR count). The van der Waals surface area contributed by atoms with Crippen LogP contribution >= 0.6 is 0 Å². The van der Waals surface area contributed by atoms with Gasteiger partial charge in [-0.25, -0.2) is 0 Å². The molecule has 0 aliphatic rings. The SMILES string of the molecule is CC=C(C)CCC=C(C)CC[C@@H](O)CC. The van der Waals surface area contributed by atoms with Gasteiger partial charge < -0.3 is 5.11 Å². The number of aliphatic hydroxyl groups excluding tert-OH is 1. The third-order valence-electron chi connectivity index (χ3n) is 2.87. The third-order valence-corrected chi connectivity index (χ3v) is 2.87. The van der Waals surface area contributed by atoms with Crippen molar-refractivity contribution in [2.24, 2.45) is 0 Å². The Morgan fingerprint density at radius 1 is 1.20 bits per heavy atom. The largest absolute Gasteiger partial charge is 0.393 e. The van der Waals surface area contributed by atoms with E-state index in [1.54, 1.807) is 0 Å². The molecule has 1 nitrogen and oxygen atoms in total. The van der Waals surface area contributed by atoms with Crippen LogP contribution in [-0.4, -0.2) is 11.2 Å². The average molecular weight is 210 g/mol. The minimum Gasteiger partial charge on any atom is -0.393 e. The summed E-state index contributed by atoms with van der Waals surface area (Å²) in [7, 11) is 0. The maximum absolute atomic E-state index is 9.42. The quantitative estimate of drug-likeness (QED) is 0.623. The Morgan fingerprint density at radius 3 is 2.40 bits per heavy atom. The van der Waals surface area contributed by atoms with Crippen molar-refractivity contribution in [3.8, 4) is 0 Å². The van der Waals surface area contributed by atoms with Crippen LogP contribution in [0.4, 0.5) is 0 Å². The van der Waals surface area contributed by atoms with Gasteiger partial charge in [-0.3, -0.25) is 0 Å². The molecule has 1 N–H and O–H groups in total. The lowest BCUT2D eigenvalue weighted by atomic mass is 10.0. The van der Waals surface area contributed by atoms with Gasteiger partial charge in [-0.15, -0.1) is 0 Å². The highest BCUT2D eigenvalue weighted by Gasteiger charge is 2.00. The fraction of sp³-hybridized carbons (Fsp3) is 0.714. The number of allylic oxidation sites excluding steroid dienone is 4. The fourth-order valence-corrected chi connectivity index (χ4v) is 1.39. The van der Waals surface area contributed by atoms with Crippen molar-refractivity contribution in [1.29, 1.82) is 0 Å². The Hall–Kier alpha value is -0.560. The summed E-state index contributed by atoms with van der Waals surface area (Å²) in [6.45, 7) is 8.44. The second-order valence-electron chi connectivity index (χ2n) is 4.32. The van der Waals surface area contributed by atoms with Crippen LogP contribution in [0.25, 0.3) is 0 Å². The van der Waals surface area contributed by atoms with Gasteiger partial charge in [-0.05, 0) is 52.9 Å². The third kappa shape index (κ3) is 8.44. The van der Waals surface area contributed by atoms with Crippen LogP contribution < -0.4 is 0 Å².